The number of nitrogens with zero attached hydrogens (tertiary/aromatic N) is 1. The zero-order valence-electron chi connectivity index (χ0n) is 14.9. The van der Waals surface area contributed by atoms with E-state index >= 15 is 0 Å². The van der Waals surface area contributed by atoms with Crippen LogP contribution in [0, 0.1) is 12.8 Å². The molecule has 1 N–H and O–H groups in total. The summed E-state index contributed by atoms with van der Waals surface area (Å²) in [5.41, 5.74) is 2.54. The fourth-order valence-corrected chi connectivity index (χ4v) is 5.22. The van der Waals surface area contributed by atoms with Gasteiger partial charge in [0.1, 0.15) is 0 Å². The van der Waals surface area contributed by atoms with Gasteiger partial charge < -0.3 is 5.11 Å². The number of aryl methyl sites for hydroxylation is 1. The molecule has 4 rings (SSSR count). The Bertz CT molecular complexity index is 900. The van der Waals surface area contributed by atoms with Crippen LogP contribution in [0.1, 0.15) is 34.9 Å². The average molecular weight is 365 g/mol. The van der Waals surface area contributed by atoms with Crippen LogP contribution < -0.4 is 0 Å². The van der Waals surface area contributed by atoms with E-state index in [1.165, 1.54) is 26.1 Å². The minimum atomic E-state index is -0.672. The predicted octanol–water partition coefficient (Wildman–Crippen LogP) is 5.10. The number of fused-ring (bicyclic) bond motifs is 1. The van der Waals surface area contributed by atoms with Gasteiger partial charge in [-0.1, -0.05) is 42.5 Å². The van der Waals surface area contributed by atoms with E-state index in [1.54, 1.807) is 0 Å². The van der Waals surface area contributed by atoms with Crippen molar-refractivity contribution in [3.63, 3.8) is 0 Å². The molecule has 4 heteroatoms. The number of piperidine rings is 1. The standard InChI is InChI=1S/C22H23NO2S/c1-15-7-2-4-10-18(15)21(23-12-6-9-17(14-23)22(24)25)20-13-16-8-3-5-11-19(16)26-20/h2-5,7-8,10-11,13,17,21H,6,9,12,14H2,1H3,(H,24,25). The molecule has 134 valence electrons. The number of rotatable bonds is 4. The third-order valence-corrected chi connectivity index (χ3v) is 6.53. The van der Waals surface area contributed by atoms with Crippen molar-refractivity contribution in [3.05, 3.63) is 70.6 Å². The Labute approximate surface area is 157 Å². The zero-order valence-corrected chi connectivity index (χ0v) is 15.7. The van der Waals surface area contributed by atoms with Crippen molar-refractivity contribution >= 4 is 27.4 Å². The number of hydrogen-bond donors (Lipinski definition) is 1. The molecule has 1 fully saturated rings. The van der Waals surface area contributed by atoms with Crippen molar-refractivity contribution in [2.45, 2.75) is 25.8 Å². The Morgan fingerprint density at radius 2 is 1.96 bits per heavy atom. The SMILES string of the molecule is Cc1ccccc1C(c1cc2ccccc2s1)N1CCCC(C(=O)O)C1. The van der Waals surface area contributed by atoms with E-state index in [-0.39, 0.29) is 12.0 Å². The van der Waals surface area contributed by atoms with Gasteiger partial charge in [0.05, 0.1) is 12.0 Å². The Hall–Kier alpha value is -2.17. The molecule has 2 aromatic carbocycles. The number of carboxylic acid groups (broad SMARTS) is 1. The van der Waals surface area contributed by atoms with Gasteiger partial charge in [0.25, 0.3) is 0 Å². The number of likely N-dealkylation sites (tertiary alicyclic amines) is 1. The zero-order chi connectivity index (χ0) is 18.1. The van der Waals surface area contributed by atoms with Gasteiger partial charge >= 0.3 is 5.97 Å². The van der Waals surface area contributed by atoms with Crippen LogP contribution in [0.25, 0.3) is 10.1 Å². The summed E-state index contributed by atoms with van der Waals surface area (Å²) >= 11 is 1.82. The highest BCUT2D eigenvalue weighted by Gasteiger charge is 2.32. The molecule has 0 radical (unpaired) electrons. The monoisotopic (exact) mass is 365 g/mol. The third kappa shape index (κ3) is 3.27. The van der Waals surface area contributed by atoms with Crippen LogP contribution in [0.2, 0.25) is 0 Å². The summed E-state index contributed by atoms with van der Waals surface area (Å²) in [7, 11) is 0. The molecule has 2 atom stereocenters. The quantitative estimate of drug-likeness (QED) is 0.699. The van der Waals surface area contributed by atoms with Crippen LogP contribution in [-0.2, 0) is 4.79 Å². The highest BCUT2D eigenvalue weighted by Crippen LogP contribution is 2.39. The molecule has 0 amide bonds. The second-order valence-electron chi connectivity index (χ2n) is 7.12. The van der Waals surface area contributed by atoms with Crippen LogP contribution in [0.15, 0.2) is 54.6 Å². The summed E-state index contributed by atoms with van der Waals surface area (Å²) in [6, 6.07) is 19.4. The predicted molar refractivity (Wildman–Crippen MR) is 107 cm³/mol. The van der Waals surface area contributed by atoms with Crippen molar-refractivity contribution in [2.24, 2.45) is 5.92 Å². The van der Waals surface area contributed by atoms with E-state index in [4.69, 9.17) is 0 Å². The highest BCUT2D eigenvalue weighted by molar-refractivity contribution is 7.19. The molecule has 0 aliphatic carbocycles. The molecular formula is C22H23NO2S. The normalized spacial score (nSPS) is 19.5. The van der Waals surface area contributed by atoms with Gasteiger partial charge in [-0.05, 0) is 55.0 Å². The van der Waals surface area contributed by atoms with Crippen molar-refractivity contribution in [1.82, 2.24) is 4.90 Å². The van der Waals surface area contributed by atoms with Crippen molar-refractivity contribution in [3.8, 4) is 0 Å². The minimum absolute atomic E-state index is 0.121. The largest absolute Gasteiger partial charge is 0.481 e. The molecule has 0 spiro atoms. The maximum atomic E-state index is 11.6. The lowest BCUT2D eigenvalue weighted by atomic mass is 9.92. The van der Waals surface area contributed by atoms with Crippen molar-refractivity contribution < 1.29 is 9.90 Å². The second-order valence-corrected chi connectivity index (χ2v) is 8.23. The van der Waals surface area contributed by atoms with Crippen LogP contribution in [0.4, 0.5) is 0 Å². The van der Waals surface area contributed by atoms with Crippen LogP contribution in [0.3, 0.4) is 0 Å². The van der Waals surface area contributed by atoms with Crippen LogP contribution >= 0.6 is 11.3 Å². The fraction of sp³-hybridized carbons (Fsp3) is 0.318. The lowest BCUT2D eigenvalue weighted by molar-refractivity contribution is -0.143. The number of hydrogen-bond acceptors (Lipinski definition) is 3. The highest BCUT2D eigenvalue weighted by atomic mass is 32.1. The smallest absolute Gasteiger partial charge is 0.307 e. The molecule has 3 aromatic rings. The van der Waals surface area contributed by atoms with E-state index in [0.29, 0.717) is 6.54 Å². The molecule has 0 bridgehead atoms. The third-order valence-electron chi connectivity index (χ3n) is 5.36. The van der Waals surface area contributed by atoms with E-state index in [9.17, 15) is 9.90 Å². The maximum Gasteiger partial charge on any atom is 0.307 e. The Kier molecular flexibility index (Phi) is 4.79. The first-order valence-electron chi connectivity index (χ1n) is 9.14. The van der Waals surface area contributed by atoms with Gasteiger partial charge in [-0.25, -0.2) is 0 Å². The number of carboxylic acids is 1. The van der Waals surface area contributed by atoms with Gasteiger partial charge in [-0.15, -0.1) is 11.3 Å². The van der Waals surface area contributed by atoms with Gasteiger partial charge in [-0.3, -0.25) is 9.69 Å². The van der Waals surface area contributed by atoms with Gasteiger partial charge in [-0.2, -0.15) is 0 Å². The summed E-state index contributed by atoms with van der Waals surface area (Å²) in [6.45, 7) is 3.70. The van der Waals surface area contributed by atoms with Crippen LogP contribution in [-0.4, -0.2) is 29.1 Å². The molecule has 1 saturated heterocycles. The lowest BCUT2D eigenvalue weighted by Gasteiger charge is -2.37. The summed E-state index contributed by atoms with van der Waals surface area (Å²) in [6.07, 6.45) is 1.71. The van der Waals surface area contributed by atoms with E-state index in [0.717, 1.165) is 19.4 Å². The summed E-state index contributed by atoms with van der Waals surface area (Å²) in [5, 5.41) is 10.8. The minimum Gasteiger partial charge on any atom is -0.481 e. The number of benzene rings is 2. The Morgan fingerprint density at radius 3 is 2.73 bits per heavy atom. The average Bonchev–Trinajstić information content (AvgIpc) is 3.07. The molecule has 26 heavy (non-hydrogen) atoms. The van der Waals surface area contributed by atoms with Gasteiger partial charge in [0, 0.05) is 16.1 Å². The van der Waals surface area contributed by atoms with E-state index in [2.05, 4.69) is 66.4 Å². The van der Waals surface area contributed by atoms with Crippen molar-refractivity contribution in [1.29, 1.82) is 0 Å². The molecule has 1 aliphatic heterocycles. The molecule has 3 nitrogen and oxygen atoms in total. The van der Waals surface area contributed by atoms with Gasteiger partial charge in [0.15, 0.2) is 0 Å². The molecular weight excluding hydrogens is 342 g/mol. The molecule has 1 aromatic heterocycles. The Balaban J connectivity index is 1.79. The maximum absolute atomic E-state index is 11.6. The van der Waals surface area contributed by atoms with Gasteiger partial charge in [0.2, 0.25) is 0 Å². The fourth-order valence-electron chi connectivity index (χ4n) is 4.00. The van der Waals surface area contributed by atoms with E-state index < -0.39 is 5.97 Å². The Morgan fingerprint density at radius 1 is 1.19 bits per heavy atom. The van der Waals surface area contributed by atoms with Crippen molar-refractivity contribution in [2.75, 3.05) is 13.1 Å². The molecule has 2 heterocycles. The lowest BCUT2D eigenvalue weighted by Crippen LogP contribution is -2.41. The number of thiophene rings is 1. The van der Waals surface area contributed by atoms with Crippen LogP contribution in [0.5, 0.6) is 0 Å². The second kappa shape index (κ2) is 7.22. The number of aliphatic carboxylic acids is 1. The first kappa shape index (κ1) is 17.3. The van der Waals surface area contributed by atoms with E-state index in [1.807, 2.05) is 11.3 Å². The summed E-state index contributed by atoms with van der Waals surface area (Å²) < 4.78 is 1.29. The number of carbonyl (C=O) groups is 1. The first-order valence-corrected chi connectivity index (χ1v) is 9.96. The topological polar surface area (TPSA) is 40.5 Å². The summed E-state index contributed by atoms with van der Waals surface area (Å²) in [5.74, 6) is -0.945. The molecule has 0 saturated carbocycles. The molecule has 1 aliphatic rings. The first-order chi connectivity index (χ1) is 12.6. The molecule has 2 unspecified atom stereocenters. The summed E-state index contributed by atoms with van der Waals surface area (Å²) in [4.78, 5) is 15.2.